The molecule has 3 atom stereocenters. The lowest BCUT2D eigenvalue weighted by Gasteiger charge is -2.18. The fourth-order valence-corrected chi connectivity index (χ4v) is 2.48. The summed E-state index contributed by atoms with van der Waals surface area (Å²) in [7, 11) is 0. The van der Waals surface area contributed by atoms with Gasteiger partial charge in [-0.15, -0.1) is 0 Å². The summed E-state index contributed by atoms with van der Waals surface area (Å²) in [6.07, 6.45) is -0.170. The van der Waals surface area contributed by atoms with Gasteiger partial charge in [0.25, 0.3) is 0 Å². The number of aliphatic hydroxyl groups excluding tert-OH is 1. The molecule has 2 rings (SSSR count). The Balaban J connectivity index is 1.82. The lowest BCUT2D eigenvalue weighted by Crippen LogP contribution is -2.31. The van der Waals surface area contributed by atoms with E-state index in [9.17, 15) is 5.11 Å². The van der Waals surface area contributed by atoms with Gasteiger partial charge in [-0.05, 0) is 31.8 Å². The zero-order valence-corrected chi connectivity index (χ0v) is 7.66. The standard InChI is InChI=1S/C9H18N2O/c1-7(12)4-11-5-8-2-10-3-9(8)6-11/h7-10,12H,2-6H2,1H3. The summed E-state index contributed by atoms with van der Waals surface area (Å²) >= 11 is 0. The van der Waals surface area contributed by atoms with E-state index < -0.39 is 0 Å². The maximum Gasteiger partial charge on any atom is 0.0639 e. The highest BCUT2D eigenvalue weighted by atomic mass is 16.3. The summed E-state index contributed by atoms with van der Waals surface area (Å²) in [5, 5.41) is 12.6. The van der Waals surface area contributed by atoms with Crippen molar-refractivity contribution >= 4 is 0 Å². The number of hydrogen-bond acceptors (Lipinski definition) is 3. The van der Waals surface area contributed by atoms with Crippen molar-refractivity contribution in [3.8, 4) is 0 Å². The van der Waals surface area contributed by atoms with Crippen LogP contribution in [0.2, 0.25) is 0 Å². The van der Waals surface area contributed by atoms with Crippen LogP contribution in [0.25, 0.3) is 0 Å². The van der Waals surface area contributed by atoms with E-state index in [1.165, 1.54) is 26.2 Å². The van der Waals surface area contributed by atoms with Crippen molar-refractivity contribution in [2.45, 2.75) is 13.0 Å². The highest BCUT2D eigenvalue weighted by molar-refractivity contribution is 4.91. The average molecular weight is 170 g/mol. The maximum absolute atomic E-state index is 9.22. The number of β-amino-alcohol motifs (C(OH)–C–C–N with tert-alkyl or cyclic N) is 1. The Hall–Kier alpha value is -0.120. The second kappa shape index (κ2) is 3.32. The van der Waals surface area contributed by atoms with Gasteiger partial charge in [-0.1, -0.05) is 0 Å². The number of rotatable bonds is 2. The first kappa shape index (κ1) is 8.48. The van der Waals surface area contributed by atoms with Crippen LogP contribution < -0.4 is 5.32 Å². The van der Waals surface area contributed by atoms with Crippen molar-refractivity contribution in [3.63, 3.8) is 0 Å². The Bertz CT molecular complexity index is 149. The first-order valence-corrected chi connectivity index (χ1v) is 4.87. The summed E-state index contributed by atoms with van der Waals surface area (Å²) in [5.74, 6) is 1.70. The number of aliphatic hydroxyl groups is 1. The third-order valence-electron chi connectivity index (χ3n) is 2.99. The molecule has 0 radical (unpaired) electrons. The highest BCUT2D eigenvalue weighted by Crippen LogP contribution is 2.25. The molecule has 2 N–H and O–H groups in total. The van der Waals surface area contributed by atoms with Gasteiger partial charge in [0.1, 0.15) is 0 Å². The second-order valence-electron chi connectivity index (χ2n) is 4.25. The molecule has 0 aliphatic carbocycles. The number of hydrogen-bond donors (Lipinski definition) is 2. The number of fused-ring (bicyclic) bond motifs is 1. The van der Waals surface area contributed by atoms with Crippen molar-refractivity contribution in [1.29, 1.82) is 0 Å². The molecule has 12 heavy (non-hydrogen) atoms. The zero-order chi connectivity index (χ0) is 8.55. The molecule has 0 spiro atoms. The van der Waals surface area contributed by atoms with Gasteiger partial charge in [0.15, 0.2) is 0 Å². The number of nitrogens with zero attached hydrogens (tertiary/aromatic N) is 1. The van der Waals surface area contributed by atoms with Gasteiger partial charge in [-0.25, -0.2) is 0 Å². The lowest BCUT2D eigenvalue weighted by molar-refractivity contribution is 0.136. The Kier molecular flexibility index (Phi) is 2.35. The fraction of sp³-hybridized carbons (Fsp3) is 1.00. The van der Waals surface area contributed by atoms with Gasteiger partial charge in [-0.2, -0.15) is 0 Å². The zero-order valence-electron chi connectivity index (χ0n) is 7.66. The van der Waals surface area contributed by atoms with E-state index in [0.717, 1.165) is 18.4 Å². The molecule has 2 aliphatic rings. The van der Waals surface area contributed by atoms with Gasteiger partial charge in [-0.3, -0.25) is 0 Å². The third kappa shape index (κ3) is 1.63. The average Bonchev–Trinajstić information content (AvgIpc) is 2.43. The van der Waals surface area contributed by atoms with Crippen LogP contribution in [0.3, 0.4) is 0 Å². The van der Waals surface area contributed by atoms with Crippen LogP contribution in [0, 0.1) is 11.8 Å². The molecule has 0 amide bonds. The molecular formula is C9H18N2O. The lowest BCUT2D eigenvalue weighted by atomic mass is 10.0. The van der Waals surface area contributed by atoms with Crippen molar-refractivity contribution in [1.82, 2.24) is 10.2 Å². The van der Waals surface area contributed by atoms with Crippen LogP contribution in [-0.2, 0) is 0 Å². The summed E-state index contributed by atoms with van der Waals surface area (Å²) < 4.78 is 0. The molecule has 0 saturated carbocycles. The quantitative estimate of drug-likeness (QED) is 0.587. The van der Waals surface area contributed by atoms with Crippen molar-refractivity contribution in [2.24, 2.45) is 11.8 Å². The summed E-state index contributed by atoms with van der Waals surface area (Å²) in [4.78, 5) is 2.39. The van der Waals surface area contributed by atoms with Crippen molar-refractivity contribution < 1.29 is 5.11 Å². The minimum atomic E-state index is -0.170. The van der Waals surface area contributed by atoms with Crippen LogP contribution in [0.15, 0.2) is 0 Å². The molecule has 3 unspecified atom stereocenters. The SMILES string of the molecule is CC(O)CN1CC2CNCC2C1. The largest absolute Gasteiger partial charge is 0.392 e. The van der Waals surface area contributed by atoms with E-state index in [1.807, 2.05) is 6.92 Å². The molecule has 0 aromatic carbocycles. The number of nitrogens with one attached hydrogen (secondary N) is 1. The molecular weight excluding hydrogens is 152 g/mol. The topological polar surface area (TPSA) is 35.5 Å². The maximum atomic E-state index is 9.22. The molecule has 3 heteroatoms. The predicted molar refractivity (Wildman–Crippen MR) is 48.0 cm³/mol. The van der Waals surface area contributed by atoms with E-state index >= 15 is 0 Å². The highest BCUT2D eigenvalue weighted by Gasteiger charge is 2.35. The first-order chi connectivity index (χ1) is 5.75. The van der Waals surface area contributed by atoms with Crippen molar-refractivity contribution in [2.75, 3.05) is 32.7 Å². The van der Waals surface area contributed by atoms with E-state index in [2.05, 4.69) is 10.2 Å². The molecule has 2 heterocycles. The van der Waals surface area contributed by atoms with Gasteiger partial charge < -0.3 is 15.3 Å². The molecule has 2 saturated heterocycles. The minimum absolute atomic E-state index is 0.170. The monoisotopic (exact) mass is 170 g/mol. The summed E-state index contributed by atoms with van der Waals surface area (Å²) in [5.41, 5.74) is 0. The summed E-state index contributed by atoms with van der Waals surface area (Å²) in [6, 6.07) is 0. The van der Waals surface area contributed by atoms with Gasteiger partial charge >= 0.3 is 0 Å². The Labute approximate surface area is 73.8 Å². The molecule has 0 bridgehead atoms. The Morgan fingerprint density at radius 1 is 1.42 bits per heavy atom. The van der Waals surface area contributed by atoms with Crippen LogP contribution >= 0.6 is 0 Å². The minimum Gasteiger partial charge on any atom is -0.392 e. The summed E-state index contributed by atoms with van der Waals surface area (Å²) in [6.45, 7) is 7.45. The molecule has 70 valence electrons. The molecule has 2 fully saturated rings. The second-order valence-corrected chi connectivity index (χ2v) is 4.25. The van der Waals surface area contributed by atoms with Crippen molar-refractivity contribution in [3.05, 3.63) is 0 Å². The smallest absolute Gasteiger partial charge is 0.0639 e. The van der Waals surface area contributed by atoms with Crippen LogP contribution in [0.4, 0.5) is 0 Å². The Morgan fingerprint density at radius 3 is 2.50 bits per heavy atom. The molecule has 0 aromatic heterocycles. The molecule has 3 nitrogen and oxygen atoms in total. The van der Waals surface area contributed by atoms with Crippen LogP contribution in [0.1, 0.15) is 6.92 Å². The predicted octanol–water partition coefficient (Wildman–Crippen LogP) is -0.482. The molecule has 2 aliphatic heterocycles. The van der Waals surface area contributed by atoms with Crippen LogP contribution in [0.5, 0.6) is 0 Å². The van der Waals surface area contributed by atoms with E-state index in [1.54, 1.807) is 0 Å². The van der Waals surface area contributed by atoms with E-state index in [-0.39, 0.29) is 6.10 Å². The normalized spacial score (nSPS) is 38.5. The molecule has 0 aromatic rings. The number of likely N-dealkylation sites (tertiary alicyclic amines) is 1. The Morgan fingerprint density at radius 2 is 2.00 bits per heavy atom. The van der Waals surface area contributed by atoms with Crippen LogP contribution in [-0.4, -0.2) is 48.8 Å². The van der Waals surface area contributed by atoms with Gasteiger partial charge in [0, 0.05) is 19.6 Å². The van der Waals surface area contributed by atoms with E-state index in [0.29, 0.717) is 0 Å². The van der Waals surface area contributed by atoms with Gasteiger partial charge in [0.2, 0.25) is 0 Å². The van der Waals surface area contributed by atoms with Gasteiger partial charge in [0.05, 0.1) is 6.10 Å². The first-order valence-electron chi connectivity index (χ1n) is 4.87. The fourth-order valence-electron chi connectivity index (χ4n) is 2.48. The third-order valence-corrected chi connectivity index (χ3v) is 2.99. The van der Waals surface area contributed by atoms with E-state index in [4.69, 9.17) is 0 Å².